The molecule has 6 nitrogen and oxygen atoms in total. The maximum absolute atomic E-state index is 13.7. The van der Waals surface area contributed by atoms with Crippen molar-refractivity contribution >= 4 is 11.6 Å². The standard InChI is InChI=1S/C28H28N4O2/c1-20-8-9-22(18-21(20)2)27-26(19-32(29-27)24-6-4-3-5-7-24)28(34)31-16-14-30(15-17-31)23-10-12-25(33)13-11-23/h3-13,18-19,33H,14-17H2,1-2H3. The fourth-order valence-corrected chi connectivity index (χ4v) is 4.35. The van der Waals surface area contributed by atoms with Crippen LogP contribution in [0.5, 0.6) is 5.75 Å². The van der Waals surface area contributed by atoms with Gasteiger partial charge in [0.05, 0.1) is 11.3 Å². The number of carbonyl (C=O) groups excluding carboxylic acids is 1. The molecule has 0 atom stereocenters. The van der Waals surface area contributed by atoms with Crippen LogP contribution in [-0.2, 0) is 0 Å². The topological polar surface area (TPSA) is 61.6 Å². The lowest BCUT2D eigenvalue weighted by molar-refractivity contribution is 0.0747. The number of nitrogens with zero attached hydrogens (tertiary/aromatic N) is 4. The van der Waals surface area contributed by atoms with Crippen LogP contribution < -0.4 is 4.90 Å². The molecule has 5 rings (SSSR count). The minimum Gasteiger partial charge on any atom is -0.508 e. The first-order valence-electron chi connectivity index (χ1n) is 11.6. The summed E-state index contributed by atoms with van der Waals surface area (Å²) in [5.74, 6) is 0.257. The van der Waals surface area contributed by atoms with Crippen molar-refractivity contribution in [2.45, 2.75) is 13.8 Å². The van der Waals surface area contributed by atoms with Crippen molar-refractivity contribution < 1.29 is 9.90 Å². The number of para-hydroxylation sites is 1. The molecule has 3 aromatic carbocycles. The fraction of sp³-hybridized carbons (Fsp3) is 0.214. The van der Waals surface area contributed by atoms with Gasteiger partial charge in [-0.3, -0.25) is 4.79 Å². The molecule has 4 aromatic rings. The molecule has 0 bridgehead atoms. The number of aromatic hydroxyl groups is 1. The Labute approximate surface area is 199 Å². The Morgan fingerprint density at radius 1 is 0.824 bits per heavy atom. The van der Waals surface area contributed by atoms with Gasteiger partial charge in [0.25, 0.3) is 5.91 Å². The number of amides is 1. The van der Waals surface area contributed by atoms with E-state index in [0.717, 1.165) is 30.0 Å². The van der Waals surface area contributed by atoms with Crippen LogP contribution in [0, 0.1) is 13.8 Å². The molecule has 0 radical (unpaired) electrons. The molecule has 1 aromatic heterocycles. The van der Waals surface area contributed by atoms with E-state index in [1.54, 1.807) is 16.8 Å². The summed E-state index contributed by atoms with van der Waals surface area (Å²) in [5, 5.41) is 14.4. The Kier molecular flexibility index (Phi) is 5.80. The lowest BCUT2D eigenvalue weighted by Gasteiger charge is -2.36. The van der Waals surface area contributed by atoms with Crippen molar-refractivity contribution in [2.75, 3.05) is 31.1 Å². The molecule has 0 unspecified atom stereocenters. The highest BCUT2D eigenvalue weighted by atomic mass is 16.3. The molecule has 0 spiro atoms. The molecule has 6 heteroatoms. The van der Waals surface area contributed by atoms with E-state index in [9.17, 15) is 9.90 Å². The Morgan fingerprint density at radius 3 is 2.21 bits per heavy atom. The summed E-state index contributed by atoms with van der Waals surface area (Å²) < 4.78 is 1.80. The Bertz CT molecular complexity index is 1300. The summed E-state index contributed by atoms with van der Waals surface area (Å²) in [6.07, 6.45) is 1.86. The minimum atomic E-state index is 0.000709. The normalized spacial score (nSPS) is 13.8. The Balaban J connectivity index is 1.43. The lowest BCUT2D eigenvalue weighted by Crippen LogP contribution is -2.48. The van der Waals surface area contributed by atoms with Gasteiger partial charge in [0.15, 0.2) is 0 Å². The van der Waals surface area contributed by atoms with Gasteiger partial charge in [-0.25, -0.2) is 4.68 Å². The van der Waals surface area contributed by atoms with E-state index >= 15 is 0 Å². The van der Waals surface area contributed by atoms with Crippen LogP contribution in [0.15, 0.2) is 79.0 Å². The van der Waals surface area contributed by atoms with Crippen molar-refractivity contribution in [3.05, 3.63) is 95.7 Å². The molecule has 0 saturated carbocycles. The van der Waals surface area contributed by atoms with Crippen molar-refractivity contribution in [1.82, 2.24) is 14.7 Å². The number of phenolic OH excluding ortho intramolecular Hbond substituents is 1. The van der Waals surface area contributed by atoms with E-state index in [1.165, 1.54) is 11.1 Å². The number of hydrogen-bond acceptors (Lipinski definition) is 4. The predicted molar refractivity (Wildman–Crippen MR) is 135 cm³/mol. The number of aryl methyl sites for hydroxylation is 2. The third-order valence-electron chi connectivity index (χ3n) is 6.53. The van der Waals surface area contributed by atoms with Crippen LogP contribution in [0.1, 0.15) is 21.5 Å². The van der Waals surface area contributed by atoms with Crippen LogP contribution in [0.25, 0.3) is 16.9 Å². The first kappa shape index (κ1) is 21.8. The van der Waals surface area contributed by atoms with Gasteiger partial charge in [0.2, 0.25) is 0 Å². The monoisotopic (exact) mass is 452 g/mol. The summed E-state index contributed by atoms with van der Waals surface area (Å²) in [6.45, 7) is 6.90. The molecule has 0 aliphatic carbocycles. The first-order valence-corrected chi connectivity index (χ1v) is 11.6. The van der Waals surface area contributed by atoms with Gasteiger partial charge in [0.1, 0.15) is 11.4 Å². The van der Waals surface area contributed by atoms with Gasteiger partial charge in [0, 0.05) is 43.6 Å². The Morgan fingerprint density at radius 2 is 1.53 bits per heavy atom. The first-order chi connectivity index (χ1) is 16.5. The molecular weight excluding hydrogens is 424 g/mol. The summed E-state index contributed by atoms with van der Waals surface area (Å²) in [7, 11) is 0. The van der Waals surface area contributed by atoms with Crippen molar-refractivity contribution in [3.8, 4) is 22.7 Å². The number of hydrogen-bond donors (Lipinski definition) is 1. The second-order valence-corrected chi connectivity index (χ2v) is 8.77. The minimum absolute atomic E-state index is 0.000709. The Hall–Kier alpha value is -4.06. The van der Waals surface area contributed by atoms with Crippen molar-refractivity contribution in [1.29, 1.82) is 0 Å². The summed E-state index contributed by atoms with van der Waals surface area (Å²) >= 11 is 0. The molecule has 1 amide bonds. The smallest absolute Gasteiger partial charge is 0.257 e. The van der Waals surface area contributed by atoms with E-state index in [-0.39, 0.29) is 11.7 Å². The molecule has 1 aliphatic heterocycles. The summed E-state index contributed by atoms with van der Waals surface area (Å²) in [6, 6.07) is 23.3. The zero-order valence-electron chi connectivity index (χ0n) is 19.5. The van der Waals surface area contributed by atoms with Crippen molar-refractivity contribution in [2.24, 2.45) is 0 Å². The number of benzene rings is 3. The maximum atomic E-state index is 13.7. The highest BCUT2D eigenvalue weighted by Gasteiger charge is 2.27. The number of carbonyl (C=O) groups is 1. The quantitative estimate of drug-likeness (QED) is 0.482. The van der Waals surface area contributed by atoms with E-state index in [4.69, 9.17) is 5.10 Å². The second kappa shape index (κ2) is 9.06. The van der Waals surface area contributed by atoms with Crippen LogP contribution in [0.2, 0.25) is 0 Å². The molecule has 2 heterocycles. The second-order valence-electron chi connectivity index (χ2n) is 8.77. The zero-order valence-corrected chi connectivity index (χ0v) is 19.5. The molecule has 1 aliphatic rings. The van der Waals surface area contributed by atoms with Crippen LogP contribution in [-0.4, -0.2) is 51.9 Å². The third kappa shape index (κ3) is 4.27. The van der Waals surface area contributed by atoms with E-state index in [2.05, 4.69) is 30.9 Å². The van der Waals surface area contributed by atoms with Gasteiger partial charge >= 0.3 is 0 Å². The number of phenols is 1. The molecule has 1 N–H and O–H groups in total. The van der Waals surface area contributed by atoms with Gasteiger partial charge in [-0.15, -0.1) is 0 Å². The van der Waals surface area contributed by atoms with Crippen LogP contribution >= 0.6 is 0 Å². The maximum Gasteiger partial charge on any atom is 0.257 e. The van der Waals surface area contributed by atoms with Crippen LogP contribution in [0.4, 0.5) is 5.69 Å². The number of aromatic nitrogens is 2. The predicted octanol–water partition coefficient (Wildman–Crippen LogP) is 4.82. The van der Waals surface area contributed by atoms with E-state index < -0.39 is 0 Å². The van der Waals surface area contributed by atoms with Gasteiger partial charge < -0.3 is 14.9 Å². The van der Waals surface area contributed by atoms with Gasteiger partial charge in [-0.05, 0) is 67.4 Å². The number of piperazine rings is 1. The average molecular weight is 453 g/mol. The molecular formula is C28H28N4O2. The zero-order chi connectivity index (χ0) is 23.7. The molecule has 1 fully saturated rings. The molecule has 172 valence electrons. The number of anilines is 1. The highest BCUT2D eigenvalue weighted by molar-refractivity contribution is 6.00. The SMILES string of the molecule is Cc1ccc(-c2nn(-c3ccccc3)cc2C(=O)N2CCN(c3ccc(O)cc3)CC2)cc1C. The summed E-state index contributed by atoms with van der Waals surface area (Å²) in [4.78, 5) is 17.8. The van der Waals surface area contributed by atoms with Crippen molar-refractivity contribution in [3.63, 3.8) is 0 Å². The third-order valence-corrected chi connectivity index (χ3v) is 6.53. The van der Waals surface area contributed by atoms with Gasteiger partial charge in [-0.1, -0.05) is 30.3 Å². The molecule has 1 saturated heterocycles. The fourth-order valence-electron chi connectivity index (χ4n) is 4.35. The average Bonchev–Trinajstić information content (AvgIpc) is 3.32. The van der Waals surface area contributed by atoms with E-state index in [0.29, 0.717) is 24.3 Å². The summed E-state index contributed by atoms with van der Waals surface area (Å²) in [5.41, 5.74) is 6.63. The number of rotatable bonds is 4. The highest BCUT2D eigenvalue weighted by Crippen LogP contribution is 2.28. The molecule has 34 heavy (non-hydrogen) atoms. The van der Waals surface area contributed by atoms with Gasteiger partial charge in [-0.2, -0.15) is 5.10 Å². The van der Waals surface area contributed by atoms with E-state index in [1.807, 2.05) is 59.6 Å². The largest absolute Gasteiger partial charge is 0.508 e. The lowest BCUT2D eigenvalue weighted by atomic mass is 10.0. The van der Waals surface area contributed by atoms with Crippen LogP contribution in [0.3, 0.4) is 0 Å².